The first-order valence-corrected chi connectivity index (χ1v) is 7.72. The van der Waals surface area contributed by atoms with Crippen molar-refractivity contribution in [1.29, 1.82) is 0 Å². The lowest BCUT2D eigenvalue weighted by atomic mass is 9.93. The monoisotopic (exact) mass is 285 g/mol. The molecule has 0 saturated carbocycles. The number of rotatable bonds is 6. The Morgan fingerprint density at radius 2 is 2.10 bits per heavy atom. The summed E-state index contributed by atoms with van der Waals surface area (Å²) in [5.41, 5.74) is 5.23. The summed E-state index contributed by atoms with van der Waals surface area (Å²) in [5.74, 6) is -0.298. The van der Waals surface area contributed by atoms with Crippen molar-refractivity contribution in [3.63, 3.8) is 0 Å². The van der Waals surface area contributed by atoms with Crippen molar-refractivity contribution in [3.05, 3.63) is 0 Å². The van der Waals surface area contributed by atoms with Gasteiger partial charge in [-0.3, -0.25) is 9.69 Å². The van der Waals surface area contributed by atoms with Crippen molar-refractivity contribution >= 4 is 5.97 Å². The first-order valence-electron chi connectivity index (χ1n) is 7.72. The summed E-state index contributed by atoms with van der Waals surface area (Å²) < 4.78 is 5.06. The topological polar surface area (TPSA) is 58.8 Å². The molecule has 0 amide bonds. The quantitative estimate of drug-likeness (QED) is 0.740. The number of nitrogens with two attached hydrogens (primary N) is 1. The first-order chi connectivity index (χ1) is 9.31. The molecule has 0 aromatic heterocycles. The Hall–Kier alpha value is -0.650. The van der Waals surface area contributed by atoms with Crippen LogP contribution in [0.4, 0.5) is 0 Å². The number of piperazine rings is 1. The van der Waals surface area contributed by atoms with E-state index in [0.29, 0.717) is 19.1 Å². The second-order valence-electron chi connectivity index (χ2n) is 6.23. The lowest BCUT2D eigenvalue weighted by molar-refractivity contribution is -0.149. The summed E-state index contributed by atoms with van der Waals surface area (Å²) in [6.07, 6.45) is 1.78. The van der Waals surface area contributed by atoms with E-state index in [-0.39, 0.29) is 12.0 Å². The molecule has 1 aliphatic rings. The Kier molecular flexibility index (Phi) is 6.43. The molecule has 0 spiro atoms. The zero-order chi connectivity index (χ0) is 15.3. The van der Waals surface area contributed by atoms with Gasteiger partial charge in [0.2, 0.25) is 0 Å². The lowest BCUT2D eigenvalue weighted by Crippen LogP contribution is -2.57. The third kappa shape index (κ3) is 4.43. The molecule has 0 aromatic carbocycles. The number of carbonyl (C=O) groups excluding carboxylic acids is 1. The number of hydrogen-bond donors (Lipinski definition) is 1. The molecule has 1 aliphatic heterocycles. The lowest BCUT2D eigenvalue weighted by Gasteiger charge is -2.43. The molecule has 1 rings (SSSR count). The molecule has 2 N–H and O–H groups in total. The van der Waals surface area contributed by atoms with Crippen molar-refractivity contribution in [2.45, 2.75) is 58.2 Å². The van der Waals surface area contributed by atoms with Gasteiger partial charge in [-0.15, -0.1) is 0 Å². The number of ether oxygens (including phenoxy) is 1. The van der Waals surface area contributed by atoms with Crippen LogP contribution in [0.5, 0.6) is 0 Å². The minimum absolute atomic E-state index is 0.289. The molecule has 3 atom stereocenters. The second-order valence-corrected chi connectivity index (χ2v) is 6.23. The fourth-order valence-electron chi connectivity index (χ4n) is 2.93. The van der Waals surface area contributed by atoms with Gasteiger partial charge in [0.15, 0.2) is 0 Å². The molecule has 5 nitrogen and oxygen atoms in total. The van der Waals surface area contributed by atoms with Crippen LogP contribution < -0.4 is 5.73 Å². The number of esters is 1. The summed E-state index contributed by atoms with van der Waals surface area (Å²) >= 11 is 0. The number of likely N-dealkylation sites (N-methyl/N-ethyl adjacent to an activating group) is 1. The average Bonchev–Trinajstić information content (AvgIpc) is 2.38. The van der Waals surface area contributed by atoms with Crippen LogP contribution in [0.1, 0.15) is 40.5 Å². The van der Waals surface area contributed by atoms with Crippen LogP contribution in [0.25, 0.3) is 0 Å². The zero-order valence-corrected chi connectivity index (χ0v) is 13.7. The summed E-state index contributed by atoms with van der Waals surface area (Å²) in [7, 11) is 2.18. The first kappa shape index (κ1) is 17.4. The highest BCUT2D eigenvalue weighted by Crippen LogP contribution is 2.19. The molecule has 20 heavy (non-hydrogen) atoms. The van der Waals surface area contributed by atoms with Gasteiger partial charge in [-0.25, -0.2) is 0 Å². The van der Waals surface area contributed by atoms with Crippen LogP contribution in [0.3, 0.4) is 0 Å². The maximum absolute atomic E-state index is 11.9. The SMILES string of the molecule is CCOC(=O)C(C)(N)CC(C)N1CCN(C)C(CC)C1. The summed E-state index contributed by atoms with van der Waals surface area (Å²) in [5, 5.41) is 0. The third-order valence-corrected chi connectivity index (χ3v) is 4.36. The summed E-state index contributed by atoms with van der Waals surface area (Å²) in [6.45, 7) is 11.5. The zero-order valence-electron chi connectivity index (χ0n) is 13.7. The fourth-order valence-corrected chi connectivity index (χ4v) is 2.93. The Labute approximate surface area is 123 Å². The number of nitrogens with zero attached hydrogens (tertiary/aromatic N) is 2. The fraction of sp³-hybridized carbons (Fsp3) is 0.933. The largest absolute Gasteiger partial charge is 0.465 e. The van der Waals surface area contributed by atoms with Crippen molar-refractivity contribution in [1.82, 2.24) is 9.80 Å². The Balaban J connectivity index is 2.57. The Morgan fingerprint density at radius 1 is 1.45 bits per heavy atom. The van der Waals surface area contributed by atoms with E-state index in [1.54, 1.807) is 6.92 Å². The van der Waals surface area contributed by atoms with Gasteiger partial charge >= 0.3 is 5.97 Å². The molecule has 0 radical (unpaired) electrons. The predicted octanol–water partition coefficient (Wildman–Crippen LogP) is 1.07. The van der Waals surface area contributed by atoms with Gasteiger partial charge in [-0.05, 0) is 40.7 Å². The molecule has 1 saturated heterocycles. The van der Waals surface area contributed by atoms with Crippen LogP contribution >= 0.6 is 0 Å². The molecule has 3 unspecified atom stereocenters. The molecular formula is C15H31N3O2. The summed E-state index contributed by atoms with van der Waals surface area (Å²) in [4.78, 5) is 16.7. The molecule has 0 aliphatic carbocycles. The van der Waals surface area contributed by atoms with Crippen LogP contribution in [-0.4, -0.2) is 66.7 Å². The minimum atomic E-state index is -0.902. The van der Waals surface area contributed by atoms with Gasteiger partial charge in [0.1, 0.15) is 5.54 Å². The molecule has 1 fully saturated rings. The van der Waals surface area contributed by atoms with E-state index in [4.69, 9.17) is 10.5 Å². The van der Waals surface area contributed by atoms with Gasteiger partial charge in [0.25, 0.3) is 0 Å². The van der Waals surface area contributed by atoms with Crippen molar-refractivity contribution in [2.75, 3.05) is 33.3 Å². The standard InChI is InChI=1S/C15H31N3O2/c1-6-13-11-18(9-8-17(13)5)12(3)10-15(4,16)14(19)20-7-2/h12-13H,6-11,16H2,1-5H3. The molecule has 0 aromatic rings. The maximum atomic E-state index is 11.9. The van der Waals surface area contributed by atoms with E-state index < -0.39 is 5.54 Å². The van der Waals surface area contributed by atoms with Crippen LogP contribution in [-0.2, 0) is 9.53 Å². The third-order valence-electron chi connectivity index (χ3n) is 4.36. The molecule has 118 valence electrons. The van der Waals surface area contributed by atoms with Crippen LogP contribution in [0.15, 0.2) is 0 Å². The highest BCUT2D eigenvalue weighted by Gasteiger charge is 2.35. The Morgan fingerprint density at radius 3 is 2.65 bits per heavy atom. The predicted molar refractivity (Wildman–Crippen MR) is 81.6 cm³/mol. The molecule has 1 heterocycles. The number of hydrogen-bond acceptors (Lipinski definition) is 5. The van der Waals surface area contributed by atoms with Crippen molar-refractivity contribution < 1.29 is 9.53 Å². The molecule has 5 heteroatoms. The highest BCUT2D eigenvalue weighted by molar-refractivity contribution is 5.80. The van der Waals surface area contributed by atoms with Gasteiger partial charge in [0, 0.05) is 31.7 Å². The van der Waals surface area contributed by atoms with E-state index in [2.05, 4.69) is 30.7 Å². The molecular weight excluding hydrogens is 254 g/mol. The van der Waals surface area contributed by atoms with Gasteiger partial charge in [0.05, 0.1) is 6.61 Å². The van der Waals surface area contributed by atoms with E-state index in [1.165, 1.54) is 0 Å². The Bertz CT molecular complexity index is 320. The van der Waals surface area contributed by atoms with E-state index in [0.717, 1.165) is 26.1 Å². The maximum Gasteiger partial charge on any atom is 0.325 e. The second kappa shape index (κ2) is 7.38. The molecule has 0 bridgehead atoms. The van der Waals surface area contributed by atoms with E-state index >= 15 is 0 Å². The number of carbonyl (C=O) groups is 1. The normalized spacial score (nSPS) is 26.0. The highest BCUT2D eigenvalue weighted by atomic mass is 16.5. The van der Waals surface area contributed by atoms with Crippen LogP contribution in [0.2, 0.25) is 0 Å². The van der Waals surface area contributed by atoms with Gasteiger partial charge in [-0.1, -0.05) is 6.92 Å². The van der Waals surface area contributed by atoms with Crippen molar-refractivity contribution in [3.8, 4) is 0 Å². The summed E-state index contributed by atoms with van der Waals surface area (Å²) in [6, 6.07) is 0.884. The van der Waals surface area contributed by atoms with E-state index in [1.807, 2.05) is 6.92 Å². The average molecular weight is 285 g/mol. The minimum Gasteiger partial charge on any atom is -0.465 e. The van der Waals surface area contributed by atoms with Crippen molar-refractivity contribution in [2.24, 2.45) is 5.73 Å². The van der Waals surface area contributed by atoms with Gasteiger partial charge in [-0.2, -0.15) is 0 Å². The smallest absolute Gasteiger partial charge is 0.325 e. The van der Waals surface area contributed by atoms with Gasteiger partial charge < -0.3 is 15.4 Å². The van der Waals surface area contributed by atoms with Crippen LogP contribution in [0, 0.1) is 0 Å². The van der Waals surface area contributed by atoms with E-state index in [9.17, 15) is 4.79 Å².